The minimum Gasteiger partial charge on any atom is -0.339 e. The van der Waals surface area contributed by atoms with Gasteiger partial charge in [-0.2, -0.15) is 0 Å². The highest BCUT2D eigenvalue weighted by Gasteiger charge is 2.43. The van der Waals surface area contributed by atoms with E-state index in [-0.39, 0.29) is 22.9 Å². The van der Waals surface area contributed by atoms with Gasteiger partial charge in [-0.1, -0.05) is 30.3 Å². The number of rotatable bonds is 5. The van der Waals surface area contributed by atoms with Gasteiger partial charge in [0.2, 0.25) is 5.91 Å². The van der Waals surface area contributed by atoms with Crippen molar-refractivity contribution in [2.24, 2.45) is 0 Å². The van der Waals surface area contributed by atoms with E-state index in [0.29, 0.717) is 27.9 Å². The van der Waals surface area contributed by atoms with E-state index in [2.05, 4.69) is 5.32 Å². The second-order valence-corrected chi connectivity index (χ2v) is 7.42. The van der Waals surface area contributed by atoms with E-state index in [1.165, 1.54) is 6.92 Å². The summed E-state index contributed by atoms with van der Waals surface area (Å²) < 4.78 is 28.0. The largest absolute Gasteiger partial charge is 0.339 e. The van der Waals surface area contributed by atoms with E-state index in [0.717, 1.165) is 12.1 Å². The molecule has 0 spiro atoms. The highest BCUT2D eigenvalue weighted by Crippen LogP contribution is 2.37. The lowest BCUT2D eigenvalue weighted by Gasteiger charge is -2.21. The Kier molecular flexibility index (Phi) is 5.74. The molecule has 33 heavy (non-hydrogen) atoms. The monoisotopic (exact) mass is 447 g/mol. The highest BCUT2D eigenvalue weighted by atomic mass is 19.1. The van der Waals surface area contributed by atoms with Crippen LogP contribution < -0.4 is 15.1 Å². The van der Waals surface area contributed by atoms with Gasteiger partial charge in [0.15, 0.2) is 0 Å². The van der Waals surface area contributed by atoms with Gasteiger partial charge < -0.3 is 10.2 Å². The third-order valence-electron chi connectivity index (χ3n) is 5.18. The number of anilines is 3. The Bertz CT molecular complexity index is 1290. The Hall–Kier alpha value is -4.33. The zero-order chi connectivity index (χ0) is 23.7. The van der Waals surface area contributed by atoms with Crippen LogP contribution >= 0.6 is 0 Å². The van der Waals surface area contributed by atoms with Crippen molar-refractivity contribution in [2.45, 2.75) is 6.92 Å². The fourth-order valence-corrected chi connectivity index (χ4v) is 3.68. The third kappa shape index (κ3) is 4.10. The Morgan fingerprint density at radius 2 is 1.58 bits per heavy atom. The summed E-state index contributed by atoms with van der Waals surface area (Å²) in [6.45, 7) is 1.37. The second kappa shape index (κ2) is 8.66. The number of likely N-dealkylation sites (N-methyl/N-ethyl adjacent to an activating group) is 1. The van der Waals surface area contributed by atoms with E-state index >= 15 is 0 Å². The topological polar surface area (TPSA) is 69.7 Å². The van der Waals surface area contributed by atoms with Gasteiger partial charge in [0.05, 0.1) is 11.3 Å². The molecule has 0 radical (unpaired) electrons. The van der Waals surface area contributed by atoms with Crippen LogP contribution in [0.2, 0.25) is 0 Å². The maximum absolute atomic E-state index is 14.5. The van der Waals surface area contributed by atoms with Gasteiger partial charge in [-0.25, -0.2) is 13.7 Å². The molecule has 8 heteroatoms. The summed E-state index contributed by atoms with van der Waals surface area (Å²) in [5, 5.41) is 2.64. The molecule has 6 nitrogen and oxygen atoms in total. The normalized spacial score (nSPS) is 13.5. The van der Waals surface area contributed by atoms with Crippen molar-refractivity contribution in [3.63, 3.8) is 0 Å². The molecule has 4 rings (SSSR count). The average molecular weight is 447 g/mol. The van der Waals surface area contributed by atoms with Gasteiger partial charge in [0.25, 0.3) is 11.8 Å². The van der Waals surface area contributed by atoms with E-state index in [1.54, 1.807) is 60.5 Å². The molecule has 0 saturated heterocycles. The molecule has 3 aromatic rings. The number of hydrogen-bond acceptors (Lipinski definition) is 4. The van der Waals surface area contributed by atoms with Crippen LogP contribution in [0.4, 0.5) is 25.8 Å². The fourth-order valence-electron chi connectivity index (χ4n) is 3.68. The molecule has 0 unspecified atom stereocenters. The van der Waals surface area contributed by atoms with Crippen LogP contribution in [0.1, 0.15) is 12.5 Å². The predicted molar refractivity (Wildman–Crippen MR) is 121 cm³/mol. The molecule has 3 aromatic carbocycles. The average Bonchev–Trinajstić information content (AvgIpc) is 3.04. The highest BCUT2D eigenvalue weighted by molar-refractivity contribution is 6.46. The number of nitrogens with one attached hydrogen (secondary N) is 1. The molecule has 0 saturated carbocycles. The van der Waals surface area contributed by atoms with Gasteiger partial charge in [0, 0.05) is 31.4 Å². The Morgan fingerprint density at radius 1 is 0.909 bits per heavy atom. The summed E-state index contributed by atoms with van der Waals surface area (Å²) >= 11 is 0. The molecule has 1 aliphatic heterocycles. The number of hydrogen-bond donors (Lipinski definition) is 1. The van der Waals surface area contributed by atoms with E-state index < -0.39 is 23.4 Å². The van der Waals surface area contributed by atoms with Crippen molar-refractivity contribution < 1.29 is 23.2 Å². The van der Waals surface area contributed by atoms with Crippen molar-refractivity contribution in [3.8, 4) is 0 Å². The molecular formula is C25H19F2N3O3. The summed E-state index contributed by atoms with van der Waals surface area (Å²) in [6, 6.07) is 18.0. The van der Waals surface area contributed by atoms with Crippen LogP contribution in [0.25, 0.3) is 5.57 Å². The quantitative estimate of drug-likeness (QED) is 0.591. The van der Waals surface area contributed by atoms with Gasteiger partial charge in [-0.15, -0.1) is 0 Å². The van der Waals surface area contributed by atoms with Crippen LogP contribution in [0.15, 0.2) is 78.5 Å². The lowest BCUT2D eigenvalue weighted by molar-refractivity contribution is -0.120. The number of amides is 3. The lowest BCUT2D eigenvalue weighted by atomic mass is 10.0. The Labute approximate surface area is 188 Å². The second-order valence-electron chi connectivity index (χ2n) is 7.42. The summed E-state index contributed by atoms with van der Waals surface area (Å²) in [7, 11) is 1.63. The minimum absolute atomic E-state index is 0.0437. The van der Waals surface area contributed by atoms with Crippen molar-refractivity contribution in [1.29, 1.82) is 0 Å². The molecule has 0 fully saturated rings. The standard InChI is InChI=1S/C25H19F2N3O3/c1-15(31)28-18-11-8-16(9-12-18)22-23(29(2)19-6-4-3-5-7-19)25(33)30(24(22)32)21-13-10-17(26)14-20(21)27/h3-14H,1-2H3,(H,28,31). The number of nitrogens with zero attached hydrogens (tertiary/aromatic N) is 2. The minimum atomic E-state index is -1.03. The maximum atomic E-state index is 14.5. The Morgan fingerprint density at radius 3 is 2.18 bits per heavy atom. The molecule has 1 heterocycles. The van der Waals surface area contributed by atoms with Gasteiger partial charge in [0.1, 0.15) is 17.3 Å². The number of halogens is 2. The van der Waals surface area contributed by atoms with E-state index in [4.69, 9.17) is 0 Å². The summed E-state index contributed by atoms with van der Waals surface area (Å²) in [5.41, 5.74) is 1.33. The molecule has 0 aromatic heterocycles. The lowest BCUT2D eigenvalue weighted by Crippen LogP contribution is -2.34. The molecule has 1 aliphatic rings. The van der Waals surface area contributed by atoms with Crippen molar-refractivity contribution >= 4 is 40.4 Å². The smallest absolute Gasteiger partial charge is 0.282 e. The van der Waals surface area contributed by atoms with Crippen LogP contribution in [-0.2, 0) is 14.4 Å². The molecule has 0 atom stereocenters. The van der Waals surface area contributed by atoms with Crippen LogP contribution in [0.3, 0.4) is 0 Å². The molecule has 1 N–H and O–H groups in total. The SMILES string of the molecule is CC(=O)Nc1ccc(C2=C(N(C)c3ccccc3)C(=O)N(c3ccc(F)cc3F)C2=O)cc1. The first-order valence-corrected chi connectivity index (χ1v) is 10.0. The maximum Gasteiger partial charge on any atom is 0.282 e. The van der Waals surface area contributed by atoms with Gasteiger partial charge >= 0.3 is 0 Å². The van der Waals surface area contributed by atoms with E-state index in [1.807, 2.05) is 6.07 Å². The van der Waals surface area contributed by atoms with Gasteiger partial charge in [-0.3, -0.25) is 14.4 Å². The first-order valence-electron chi connectivity index (χ1n) is 10.0. The fraction of sp³-hybridized carbons (Fsp3) is 0.0800. The molecule has 166 valence electrons. The molecule has 0 bridgehead atoms. The van der Waals surface area contributed by atoms with Gasteiger partial charge in [-0.05, 0) is 42.0 Å². The zero-order valence-electron chi connectivity index (χ0n) is 17.8. The zero-order valence-corrected chi connectivity index (χ0v) is 17.8. The molecule has 3 amide bonds. The molecular weight excluding hydrogens is 428 g/mol. The van der Waals surface area contributed by atoms with Crippen molar-refractivity contribution in [3.05, 3.63) is 95.7 Å². The summed E-state index contributed by atoms with van der Waals surface area (Å²) in [6.07, 6.45) is 0. The number of carbonyl (C=O) groups excluding carboxylic acids is 3. The van der Waals surface area contributed by atoms with Crippen LogP contribution in [0, 0.1) is 11.6 Å². The van der Waals surface area contributed by atoms with Crippen molar-refractivity contribution in [1.82, 2.24) is 0 Å². The predicted octanol–water partition coefficient (Wildman–Crippen LogP) is 4.34. The number of carbonyl (C=O) groups is 3. The van der Waals surface area contributed by atoms with Crippen molar-refractivity contribution in [2.75, 3.05) is 22.2 Å². The number of benzene rings is 3. The first-order chi connectivity index (χ1) is 15.8. The molecule has 0 aliphatic carbocycles. The third-order valence-corrected chi connectivity index (χ3v) is 5.18. The number of para-hydroxylation sites is 1. The summed E-state index contributed by atoms with van der Waals surface area (Å²) in [4.78, 5) is 40.5. The number of imide groups is 1. The summed E-state index contributed by atoms with van der Waals surface area (Å²) in [5.74, 6) is -3.58. The van der Waals surface area contributed by atoms with E-state index in [9.17, 15) is 23.2 Å². The van der Waals surface area contributed by atoms with Crippen LogP contribution in [-0.4, -0.2) is 24.8 Å². The Balaban J connectivity index is 1.85. The van der Waals surface area contributed by atoms with Crippen LogP contribution in [0.5, 0.6) is 0 Å². The first kappa shape index (κ1) is 21.9.